The Balaban J connectivity index is 5.65. The van der Waals surface area contributed by atoms with Crippen LogP contribution < -0.4 is 0 Å². The second-order valence-corrected chi connectivity index (χ2v) is 57.0. The lowest BCUT2D eigenvalue weighted by Gasteiger charge is -2.52. The molecule has 0 unspecified atom stereocenters. The van der Waals surface area contributed by atoms with E-state index in [1.165, 1.54) is 0 Å². The average Bonchev–Trinajstić information content (AvgIpc) is 2.02. The molecule has 0 nitrogen and oxygen atoms in total. The molecule has 0 aromatic carbocycles. The van der Waals surface area contributed by atoms with Crippen LogP contribution in [0.2, 0.25) is 78.6 Å². The van der Waals surface area contributed by atoms with Crippen molar-refractivity contribution < 1.29 is 0 Å². The van der Waals surface area contributed by atoms with Gasteiger partial charge in [-0.2, -0.15) is 0 Å². The first kappa shape index (κ1) is 20.9. The van der Waals surface area contributed by atoms with Gasteiger partial charge < -0.3 is 11.1 Å². The van der Waals surface area contributed by atoms with E-state index >= 15 is 0 Å². The quantitative estimate of drug-likeness (QED) is 0.494. The Bertz CT molecular complexity index is 314. The zero-order chi connectivity index (χ0) is 16.6. The summed E-state index contributed by atoms with van der Waals surface area (Å²) >= 11 is 0. The number of hydrogen-bond donors (Lipinski definition) is 0. The third-order valence-corrected chi connectivity index (χ3v) is 56.8. The van der Waals surface area contributed by atoms with Crippen LogP contribution in [0.1, 0.15) is 0 Å². The van der Waals surface area contributed by atoms with E-state index in [1.807, 2.05) is 0 Å². The molecule has 0 bridgehead atoms. The molecule has 0 aliphatic rings. The average molecular weight is 373 g/mol. The fourth-order valence-corrected chi connectivity index (χ4v) is 70.9. The van der Waals surface area contributed by atoms with Crippen LogP contribution in [0.25, 0.3) is 0 Å². The fourth-order valence-electron chi connectivity index (χ4n) is 3.12. The van der Waals surface area contributed by atoms with E-state index in [0.717, 1.165) is 0 Å². The molecule has 0 atom stereocenters. The van der Waals surface area contributed by atoms with Gasteiger partial charge in [0.25, 0.3) is 0 Å². The third kappa shape index (κ3) is 6.75. The summed E-state index contributed by atoms with van der Waals surface area (Å²) in [4.78, 5) is 0. The minimum absolute atomic E-state index is 0.403. The minimum atomic E-state index is -1.07. The molecule has 0 fully saturated rings. The Morgan fingerprint density at radius 1 is 0.400 bits per heavy atom. The van der Waals surface area contributed by atoms with E-state index in [4.69, 9.17) is 0 Å². The molecule has 0 heterocycles. The van der Waals surface area contributed by atoms with Gasteiger partial charge in [-0.25, -0.2) is 15.7 Å². The molecule has 0 aromatic heterocycles. The van der Waals surface area contributed by atoms with Gasteiger partial charge in [-0.05, 0) is 0 Å². The van der Waals surface area contributed by atoms with Gasteiger partial charge in [-0.1, -0.05) is 109 Å². The van der Waals surface area contributed by atoms with Crippen LogP contribution in [0.3, 0.4) is 0 Å². The van der Waals surface area contributed by atoms with Crippen molar-refractivity contribution in [3.63, 3.8) is 0 Å². The Morgan fingerprint density at radius 2 is 0.550 bits per heavy atom. The molecular formula is C14H36Si6-2. The van der Waals surface area contributed by atoms with Crippen molar-refractivity contribution >= 4 is 46.0 Å². The van der Waals surface area contributed by atoms with Crippen molar-refractivity contribution in [2.75, 3.05) is 0 Å². The molecule has 0 amide bonds. The van der Waals surface area contributed by atoms with Gasteiger partial charge in [-0.3, -0.25) is 0 Å². The predicted molar refractivity (Wildman–Crippen MR) is 113 cm³/mol. The monoisotopic (exact) mass is 372 g/mol. The molecule has 0 N–H and O–H groups in total. The summed E-state index contributed by atoms with van der Waals surface area (Å²) in [6.07, 6.45) is 0. The van der Waals surface area contributed by atoms with E-state index < -0.39 is 46.0 Å². The lowest BCUT2D eigenvalue weighted by molar-refractivity contribution is 1.80. The summed E-state index contributed by atoms with van der Waals surface area (Å²) < 4.78 is 0. The van der Waals surface area contributed by atoms with Gasteiger partial charge in [0.05, 0.1) is 0 Å². The highest BCUT2D eigenvalue weighted by Crippen LogP contribution is 2.19. The van der Waals surface area contributed by atoms with Crippen LogP contribution in [0.5, 0.6) is 0 Å². The van der Waals surface area contributed by atoms with Crippen LogP contribution in [0, 0.1) is 11.1 Å². The summed E-state index contributed by atoms with van der Waals surface area (Å²) in [7, 11) is -5.09. The largest absolute Gasteiger partial charge is 0.343 e. The fraction of sp³-hybridized carbons (Fsp3) is 0.857. The Hall–Kier alpha value is 0.861. The number of hydrogen-bond acceptors (Lipinski definition) is 0. The molecule has 6 heteroatoms. The van der Waals surface area contributed by atoms with Crippen molar-refractivity contribution in [3.05, 3.63) is 0 Å². The van der Waals surface area contributed by atoms with Crippen molar-refractivity contribution in [1.82, 2.24) is 0 Å². The smallest absolute Gasteiger partial charge is 0.0826 e. The highest BCUT2D eigenvalue weighted by atomic mass is 29.6. The standard InChI is InChI=1S/C14H36Si6/c1-17(2,3)15(18(4,5)6)13-14-16(19(7,8)9)20(10,11)12/h1-12H3/q-2. The Kier molecular flexibility index (Phi) is 6.82. The zero-order valence-corrected chi connectivity index (χ0v) is 22.0. The summed E-state index contributed by atoms with van der Waals surface area (Å²) in [5.41, 5.74) is 8.01. The number of rotatable bonds is 4. The summed E-state index contributed by atoms with van der Waals surface area (Å²) in [5.74, 6) is 0. The van der Waals surface area contributed by atoms with E-state index in [0.29, 0.717) is 0 Å². The first-order valence-electron chi connectivity index (χ1n) is 7.75. The molecule has 0 aliphatic carbocycles. The minimum Gasteiger partial charge on any atom is -0.343 e. The van der Waals surface area contributed by atoms with Crippen LogP contribution in [0.15, 0.2) is 0 Å². The maximum Gasteiger partial charge on any atom is -0.0826 e. The van der Waals surface area contributed by atoms with Gasteiger partial charge in [-0.15, -0.1) is 0 Å². The first-order chi connectivity index (χ1) is 8.47. The summed E-state index contributed by atoms with van der Waals surface area (Å²) in [6.45, 7) is 30.7. The summed E-state index contributed by atoms with van der Waals surface area (Å²) in [6, 6.07) is 0. The second-order valence-electron chi connectivity index (χ2n) is 10.0. The van der Waals surface area contributed by atoms with E-state index in [9.17, 15) is 0 Å². The van der Waals surface area contributed by atoms with Gasteiger partial charge in [0.1, 0.15) is 0 Å². The molecule has 0 spiro atoms. The molecular weight excluding hydrogens is 337 g/mol. The molecule has 0 saturated carbocycles. The zero-order valence-electron chi connectivity index (χ0n) is 16.0. The van der Waals surface area contributed by atoms with E-state index in [-0.39, 0.29) is 0 Å². The van der Waals surface area contributed by atoms with E-state index in [2.05, 4.69) is 89.7 Å². The maximum absolute atomic E-state index is 4.00. The van der Waals surface area contributed by atoms with E-state index in [1.54, 1.807) is 0 Å². The molecule has 0 aromatic rings. The lowest BCUT2D eigenvalue weighted by atomic mass is 11.4. The highest BCUT2D eigenvalue weighted by molar-refractivity contribution is 7.65. The molecule has 0 radical (unpaired) electrons. The molecule has 0 aliphatic heterocycles. The molecule has 20 heavy (non-hydrogen) atoms. The van der Waals surface area contributed by atoms with Crippen LogP contribution in [-0.2, 0) is 0 Å². The van der Waals surface area contributed by atoms with Gasteiger partial charge in [0.2, 0.25) is 0 Å². The van der Waals surface area contributed by atoms with Crippen LogP contribution >= 0.6 is 0 Å². The van der Waals surface area contributed by atoms with Gasteiger partial charge in [0, 0.05) is 0 Å². The van der Waals surface area contributed by atoms with Gasteiger partial charge in [0.15, 0.2) is 0 Å². The van der Waals surface area contributed by atoms with Crippen molar-refractivity contribution in [3.8, 4) is 11.1 Å². The van der Waals surface area contributed by atoms with Gasteiger partial charge >= 0.3 is 0 Å². The first-order valence-corrected chi connectivity index (χ1v) is 28.8. The molecule has 0 rings (SSSR count). The predicted octanol–water partition coefficient (Wildman–Crippen LogP) is 4.72. The van der Waals surface area contributed by atoms with Crippen molar-refractivity contribution in [1.29, 1.82) is 0 Å². The highest BCUT2D eigenvalue weighted by Gasteiger charge is 2.24. The summed E-state index contributed by atoms with van der Waals surface area (Å²) in [5, 5.41) is 0. The third-order valence-electron chi connectivity index (χ3n) is 3.31. The normalized spacial score (nSPS) is 13.6. The van der Waals surface area contributed by atoms with Crippen molar-refractivity contribution in [2.45, 2.75) is 78.6 Å². The lowest BCUT2D eigenvalue weighted by Crippen LogP contribution is -2.60. The van der Waals surface area contributed by atoms with Crippen molar-refractivity contribution in [2.24, 2.45) is 0 Å². The topological polar surface area (TPSA) is 0 Å². The van der Waals surface area contributed by atoms with Crippen LogP contribution in [0.4, 0.5) is 0 Å². The van der Waals surface area contributed by atoms with Crippen LogP contribution in [-0.4, -0.2) is 46.0 Å². The molecule has 118 valence electrons. The second kappa shape index (κ2) is 6.54. The Labute approximate surface area is 135 Å². The SMILES string of the molecule is C[Si](C)(C)[Si-](C#C[Si-]([Si](C)(C)C)[Si](C)(C)C)[Si](C)(C)C. The Morgan fingerprint density at radius 3 is 0.650 bits per heavy atom. The molecule has 0 saturated heterocycles. The maximum atomic E-state index is 4.00.